The van der Waals surface area contributed by atoms with Crippen LogP contribution in [0.25, 0.3) is 0 Å². The molecular formula is C5H8Cl2IN3. The molecule has 3 N–H and O–H groups in total. The normalized spacial score (nSPS) is 7.45. The van der Waals surface area contributed by atoms with Crippen molar-refractivity contribution in [3.63, 3.8) is 0 Å². The number of pyridine rings is 1. The second-order valence-electron chi connectivity index (χ2n) is 1.50. The van der Waals surface area contributed by atoms with E-state index >= 15 is 0 Å². The number of aromatic nitrogens is 1. The lowest BCUT2D eigenvalue weighted by atomic mass is 10.5. The first-order valence-corrected chi connectivity index (χ1v) is 3.49. The van der Waals surface area contributed by atoms with E-state index in [-0.39, 0.29) is 24.8 Å². The molecule has 1 aromatic heterocycles. The van der Waals surface area contributed by atoms with E-state index in [4.69, 9.17) is 5.84 Å². The highest BCUT2D eigenvalue weighted by Gasteiger charge is 1.88. The first-order chi connectivity index (χ1) is 4.33. The zero-order valence-electron chi connectivity index (χ0n) is 5.45. The Morgan fingerprint density at radius 1 is 1.45 bits per heavy atom. The maximum Gasteiger partial charge on any atom is 0.140 e. The van der Waals surface area contributed by atoms with Crippen LogP contribution in [0, 0.1) is 3.57 Å². The summed E-state index contributed by atoms with van der Waals surface area (Å²) in [6.07, 6.45) is 1.71. The van der Waals surface area contributed by atoms with Gasteiger partial charge in [0, 0.05) is 9.77 Å². The van der Waals surface area contributed by atoms with Crippen molar-refractivity contribution in [3.8, 4) is 0 Å². The highest BCUT2D eigenvalue weighted by molar-refractivity contribution is 14.1. The SMILES string of the molecule is Cl.Cl.NNc1cc(I)ccn1. The molecule has 1 rings (SSSR count). The molecule has 0 saturated carbocycles. The quantitative estimate of drug-likeness (QED) is 0.473. The average Bonchev–Trinajstić information content (AvgIpc) is 1.88. The van der Waals surface area contributed by atoms with Crippen LogP contribution in [-0.2, 0) is 0 Å². The van der Waals surface area contributed by atoms with Crippen molar-refractivity contribution in [2.75, 3.05) is 5.43 Å². The molecule has 11 heavy (non-hydrogen) atoms. The van der Waals surface area contributed by atoms with E-state index in [9.17, 15) is 0 Å². The molecule has 0 bridgehead atoms. The first-order valence-electron chi connectivity index (χ1n) is 2.41. The highest BCUT2D eigenvalue weighted by Crippen LogP contribution is 2.06. The largest absolute Gasteiger partial charge is 0.308 e. The van der Waals surface area contributed by atoms with Crippen molar-refractivity contribution < 1.29 is 0 Å². The Morgan fingerprint density at radius 2 is 2.09 bits per heavy atom. The smallest absolute Gasteiger partial charge is 0.140 e. The van der Waals surface area contributed by atoms with Gasteiger partial charge in [0.2, 0.25) is 0 Å². The molecule has 1 heterocycles. The summed E-state index contributed by atoms with van der Waals surface area (Å²) in [5.41, 5.74) is 2.45. The molecule has 0 radical (unpaired) electrons. The Morgan fingerprint density at radius 3 is 2.45 bits per heavy atom. The van der Waals surface area contributed by atoms with E-state index in [2.05, 4.69) is 33.0 Å². The Hall–Kier alpha value is 0.220. The molecule has 64 valence electrons. The lowest BCUT2D eigenvalue weighted by molar-refractivity contribution is 1.22. The molecule has 3 nitrogen and oxygen atoms in total. The minimum Gasteiger partial charge on any atom is -0.308 e. The van der Waals surface area contributed by atoms with Gasteiger partial charge in [-0.05, 0) is 34.7 Å². The van der Waals surface area contributed by atoms with Gasteiger partial charge >= 0.3 is 0 Å². The van der Waals surface area contributed by atoms with Crippen molar-refractivity contribution in [2.45, 2.75) is 0 Å². The van der Waals surface area contributed by atoms with Crippen molar-refractivity contribution in [1.29, 1.82) is 0 Å². The summed E-state index contributed by atoms with van der Waals surface area (Å²) in [7, 11) is 0. The van der Waals surface area contributed by atoms with Crippen LogP contribution in [0.4, 0.5) is 5.82 Å². The van der Waals surface area contributed by atoms with Gasteiger partial charge in [-0.15, -0.1) is 24.8 Å². The summed E-state index contributed by atoms with van der Waals surface area (Å²) in [4.78, 5) is 3.92. The van der Waals surface area contributed by atoms with Gasteiger partial charge in [0.15, 0.2) is 0 Å². The predicted molar refractivity (Wildman–Crippen MR) is 59.3 cm³/mol. The number of nitrogens with one attached hydrogen (secondary N) is 1. The maximum atomic E-state index is 5.10. The zero-order chi connectivity index (χ0) is 6.69. The molecule has 0 aliphatic carbocycles. The molecule has 0 aliphatic heterocycles. The Kier molecular flexibility index (Phi) is 8.65. The molecule has 0 aromatic carbocycles. The number of rotatable bonds is 1. The number of hydrogen-bond donors (Lipinski definition) is 2. The molecule has 0 unspecified atom stereocenters. The number of nitrogens with two attached hydrogens (primary N) is 1. The Bertz CT molecular complexity index is 209. The first kappa shape index (κ1) is 13.8. The van der Waals surface area contributed by atoms with E-state index < -0.39 is 0 Å². The van der Waals surface area contributed by atoms with Crippen molar-refractivity contribution in [1.82, 2.24) is 4.98 Å². The molecule has 0 fully saturated rings. The summed E-state index contributed by atoms with van der Waals surface area (Å²) >= 11 is 2.19. The van der Waals surface area contributed by atoms with E-state index in [0.29, 0.717) is 5.82 Å². The lowest BCUT2D eigenvalue weighted by Gasteiger charge is -1.95. The molecule has 1 aromatic rings. The van der Waals surface area contributed by atoms with Crippen molar-refractivity contribution in [2.24, 2.45) is 5.84 Å². The lowest BCUT2D eigenvalue weighted by Crippen LogP contribution is -2.07. The summed E-state index contributed by atoms with van der Waals surface area (Å²) in [6, 6.07) is 3.77. The highest BCUT2D eigenvalue weighted by atomic mass is 127. The number of hydrazine groups is 1. The minimum atomic E-state index is 0. The molecule has 0 amide bonds. The second-order valence-corrected chi connectivity index (χ2v) is 2.75. The summed E-state index contributed by atoms with van der Waals surface area (Å²) < 4.78 is 1.12. The number of nitrogens with zero attached hydrogens (tertiary/aromatic N) is 1. The molecule has 0 atom stereocenters. The molecule has 0 saturated heterocycles. The standard InChI is InChI=1S/C5H6IN3.2ClH/c6-4-1-2-8-5(3-4)9-7;;/h1-3H,7H2,(H,8,9);2*1H. The fraction of sp³-hybridized carbons (Fsp3) is 0. The topological polar surface area (TPSA) is 50.9 Å². The maximum absolute atomic E-state index is 5.10. The molecular weight excluding hydrogens is 300 g/mol. The van der Waals surface area contributed by atoms with Gasteiger partial charge in [0.1, 0.15) is 5.82 Å². The Balaban J connectivity index is 0. The number of halogens is 3. The van der Waals surface area contributed by atoms with E-state index in [1.54, 1.807) is 6.20 Å². The van der Waals surface area contributed by atoms with E-state index in [0.717, 1.165) is 3.57 Å². The van der Waals surface area contributed by atoms with Crippen LogP contribution < -0.4 is 11.3 Å². The van der Waals surface area contributed by atoms with E-state index in [1.807, 2.05) is 12.1 Å². The minimum absolute atomic E-state index is 0. The van der Waals surface area contributed by atoms with E-state index in [1.165, 1.54) is 0 Å². The van der Waals surface area contributed by atoms with Crippen LogP contribution in [0.15, 0.2) is 18.3 Å². The third-order valence-electron chi connectivity index (χ3n) is 0.870. The second kappa shape index (κ2) is 6.90. The average molecular weight is 308 g/mol. The summed E-state index contributed by atoms with van der Waals surface area (Å²) in [5.74, 6) is 5.80. The third-order valence-corrected chi connectivity index (χ3v) is 1.54. The number of anilines is 1. The summed E-state index contributed by atoms with van der Waals surface area (Å²) in [6.45, 7) is 0. The van der Waals surface area contributed by atoms with Gasteiger partial charge in [-0.1, -0.05) is 0 Å². The molecule has 0 aliphatic rings. The van der Waals surface area contributed by atoms with Crippen LogP contribution in [0.2, 0.25) is 0 Å². The molecule has 0 spiro atoms. The van der Waals surface area contributed by atoms with Crippen LogP contribution in [0.3, 0.4) is 0 Å². The third kappa shape index (κ3) is 4.62. The number of nitrogen functional groups attached to an aromatic ring is 1. The Labute approximate surface area is 91.1 Å². The van der Waals surface area contributed by atoms with Gasteiger partial charge in [-0.2, -0.15) is 0 Å². The van der Waals surface area contributed by atoms with Crippen LogP contribution in [0.1, 0.15) is 0 Å². The fourth-order valence-corrected chi connectivity index (χ4v) is 0.939. The summed E-state index contributed by atoms with van der Waals surface area (Å²) in [5, 5.41) is 0. The monoisotopic (exact) mass is 307 g/mol. The van der Waals surface area contributed by atoms with Gasteiger partial charge in [0.05, 0.1) is 0 Å². The molecule has 6 heteroatoms. The van der Waals surface area contributed by atoms with Crippen molar-refractivity contribution >= 4 is 53.2 Å². The zero-order valence-corrected chi connectivity index (χ0v) is 9.24. The fourth-order valence-electron chi connectivity index (χ4n) is 0.484. The van der Waals surface area contributed by atoms with Crippen molar-refractivity contribution in [3.05, 3.63) is 21.9 Å². The van der Waals surface area contributed by atoms with Crippen LogP contribution in [-0.4, -0.2) is 4.98 Å². The predicted octanol–water partition coefficient (Wildman–Crippen LogP) is 1.82. The van der Waals surface area contributed by atoms with Gasteiger partial charge in [-0.3, -0.25) is 0 Å². The van der Waals surface area contributed by atoms with Gasteiger partial charge in [-0.25, -0.2) is 10.8 Å². The van der Waals surface area contributed by atoms with Crippen LogP contribution in [0.5, 0.6) is 0 Å². The number of hydrogen-bond acceptors (Lipinski definition) is 3. The van der Waals surface area contributed by atoms with Crippen LogP contribution >= 0.6 is 47.4 Å². The van der Waals surface area contributed by atoms with Gasteiger partial charge in [0.25, 0.3) is 0 Å². The van der Waals surface area contributed by atoms with Gasteiger partial charge < -0.3 is 5.43 Å².